The van der Waals surface area contributed by atoms with E-state index in [1.165, 1.54) is 19.3 Å². The van der Waals surface area contributed by atoms with Gasteiger partial charge in [-0.15, -0.1) is 0 Å². The molecule has 0 radical (unpaired) electrons. The molecule has 0 unspecified atom stereocenters. The Balaban J connectivity index is 2.69. The third-order valence-electron chi connectivity index (χ3n) is 3.19. The normalized spacial score (nSPS) is 19.8. The van der Waals surface area contributed by atoms with Crippen LogP contribution >= 0.6 is 0 Å². The molecule has 13 heavy (non-hydrogen) atoms. The predicted octanol–water partition coefficient (Wildman–Crippen LogP) is 1.69. The minimum Gasteiger partial charge on any atom is -0.312 e. The van der Waals surface area contributed by atoms with Gasteiger partial charge in [0.2, 0.25) is 0 Å². The molecule has 1 aliphatic carbocycles. The molecule has 76 valence electrons. The first kappa shape index (κ1) is 10.5. The monoisotopic (exact) mass is 183 g/mol. The molecular weight excluding hydrogens is 162 g/mol. The summed E-state index contributed by atoms with van der Waals surface area (Å²) in [5.41, 5.74) is 2.87. The Morgan fingerprint density at radius 1 is 1.54 bits per heavy atom. The maximum Gasteiger partial charge on any atom is 0.116 e. The number of hydrogen-bond donors (Lipinski definition) is 2. The first-order valence-electron chi connectivity index (χ1n) is 5.14. The van der Waals surface area contributed by atoms with E-state index >= 15 is 0 Å². The summed E-state index contributed by atoms with van der Waals surface area (Å²) in [4.78, 5) is 4.40. The van der Waals surface area contributed by atoms with Crippen molar-refractivity contribution in [2.75, 3.05) is 6.54 Å². The molecular formula is C10H21N3. The number of rotatable bonds is 3. The molecule has 0 saturated heterocycles. The van der Waals surface area contributed by atoms with Crippen LogP contribution in [0.2, 0.25) is 0 Å². The molecule has 3 nitrogen and oxygen atoms in total. The van der Waals surface area contributed by atoms with Crippen LogP contribution in [0.5, 0.6) is 0 Å². The first-order chi connectivity index (χ1) is 6.12. The standard InChI is InChI=1S/C10H21N3/c1-4-12-9(13-11)10(2,3)8-6-5-7-8/h8H,4-7,11H2,1-3H3,(H,12,13). The SMILES string of the molecule is CCN=C(NN)C(C)(C)C1CCC1. The van der Waals surface area contributed by atoms with Gasteiger partial charge in [0.1, 0.15) is 5.84 Å². The maximum absolute atomic E-state index is 5.48. The van der Waals surface area contributed by atoms with Gasteiger partial charge in [-0.1, -0.05) is 20.3 Å². The Morgan fingerprint density at radius 3 is 2.46 bits per heavy atom. The molecule has 0 heterocycles. The number of nitrogens with zero attached hydrogens (tertiary/aromatic N) is 1. The van der Waals surface area contributed by atoms with Crippen molar-refractivity contribution in [1.29, 1.82) is 0 Å². The number of aliphatic imine (C=N–C) groups is 1. The summed E-state index contributed by atoms with van der Waals surface area (Å²) in [6, 6.07) is 0. The molecule has 1 fully saturated rings. The molecule has 0 aromatic rings. The highest BCUT2D eigenvalue weighted by Gasteiger charge is 2.37. The van der Waals surface area contributed by atoms with Crippen LogP contribution in [-0.4, -0.2) is 12.4 Å². The quantitative estimate of drug-likeness (QED) is 0.303. The second-order valence-electron chi connectivity index (χ2n) is 4.32. The molecule has 0 amide bonds. The van der Waals surface area contributed by atoms with Crippen molar-refractivity contribution in [3.63, 3.8) is 0 Å². The van der Waals surface area contributed by atoms with Crippen LogP contribution in [0.15, 0.2) is 4.99 Å². The molecule has 3 N–H and O–H groups in total. The summed E-state index contributed by atoms with van der Waals surface area (Å²) >= 11 is 0. The van der Waals surface area contributed by atoms with E-state index in [0.717, 1.165) is 18.3 Å². The highest BCUT2D eigenvalue weighted by atomic mass is 15.3. The Hall–Kier alpha value is -0.570. The van der Waals surface area contributed by atoms with E-state index in [1.807, 2.05) is 6.92 Å². The minimum atomic E-state index is 0.128. The second kappa shape index (κ2) is 4.09. The fourth-order valence-corrected chi connectivity index (χ4v) is 1.92. The fourth-order valence-electron chi connectivity index (χ4n) is 1.92. The van der Waals surface area contributed by atoms with Gasteiger partial charge in [-0.2, -0.15) is 0 Å². The zero-order valence-corrected chi connectivity index (χ0v) is 8.93. The van der Waals surface area contributed by atoms with E-state index in [4.69, 9.17) is 5.84 Å². The van der Waals surface area contributed by atoms with E-state index in [2.05, 4.69) is 24.3 Å². The van der Waals surface area contributed by atoms with E-state index < -0.39 is 0 Å². The summed E-state index contributed by atoms with van der Waals surface area (Å²) in [6.45, 7) is 7.29. The smallest absolute Gasteiger partial charge is 0.116 e. The second-order valence-corrected chi connectivity index (χ2v) is 4.32. The van der Waals surface area contributed by atoms with Crippen LogP contribution < -0.4 is 11.3 Å². The van der Waals surface area contributed by atoms with Crippen molar-refractivity contribution in [2.45, 2.75) is 40.0 Å². The predicted molar refractivity (Wildman–Crippen MR) is 56.4 cm³/mol. The molecule has 0 aromatic carbocycles. The first-order valence-corrected chi connectivity index (χ1v) is 5.14. The van der Waals surface area contributed by atoms with Crippen LogP contribution in [-0.2, 0) is 0 Å². The van der Waals surface area contributed by atoms with E-state index in [-0.39, 0.29) is 5.41 Å². The summed E-state index contributed by atoms with van der Waals surface area (Å²) in [5, 5.41) is 0. The highest BCUT2D eigenvalue weighted by Crippen LogP contribution is 2.41. The van der Waals surface area contributed by atoms with Gasteiger partial charge < -0.3 is 5.43 Å². The van der Waals surface area contributed by atoms with Crippen molar-refractivity contribution < 1.29 is 0 Å². The van der Waals surface area contributed by atoms with Gasteiger partial charge in [-0.25, -0.2) is 5.84 Å². The summed E-state index contributed by atoms with van der Waals surface area (Å²) in [5.74, 6) is 7.20. The number of nitrogens with one attached hydrogen (secondary N) is 1. The molecule has 0 aliphatic heterocycles. The van der Waals surface area contributed by atoms with Crippen molar-refractivity contribution in [2.24, 2.45) is 22.2 Å². The highest BCUT2D eigenvalue weighted by molar-refractivity contribution is 5.87. The van der Waals surface area contributed by atoms with Gasteiger partial charge >= 0.3 is 0 Å². The van der Waals surface area contributed by atoms with E-state index in [9.17, 15) is 0 Å². The van der Waals surface area contributed by atoms with Gasteiger partial charge in [0, 0.05) is 12.0 Å². The summed E-state index contributed by atoms with van der Waals surface area (Å²) < 4.78 is 0. The average molecular weight is 183 g/mol. The maximum atomic E-state index is 5.48. The Bertz CT molecular complexity index is 192. The molecule has 1 aliphatic rings. The Labute approximate surface area is 80.8 Å². The molecule has 0 atom stereocenters. The van der Waals surface area contributed by atoms with Crippen LogP contribution in [0, 0.1) is 11.3 Å². The summed E-state index contributed by atoms with van der Waals surface area (Å²) in [7, 11) is 0. The van der Waals surface area contributed by atoms with Crippen LogP contribution in [0.3, 0.4) is 0 Å². The third kappa shape index (κ3) is 2.02. The lowest BCUT2D eigenvalue weighted by molar-refractivity contribution is 0.182. The zero-order valence-electron chi connectivity index (χ0n) is 8.93. The Kier molecular flexibility index (Phi) is 3.31. The number of hydrogen-bond acceptors (Lipinski definition) is 2. The van der Waals surface area contributed by atoms with Crippen LogP contribution in [0.25, 0.3) is 0 Å². The topological polar surface area (TPSA) is 50.4 Å². The van der Waals surface area contributed by atoms with E-state index in [1.54, 1.807) is 0 Å². The van der Waals surface area contributed by atoms with Crippen LogP contribution in [0.4, 0.5) is 0 Å². The van der Waals surface area contributed by atoms with Gasteiger partial charge in [0.25, 0.3) is 0 Å². The summed E-state index contributed by atoms with van der Waals surface area (Å²) in [6.07, 6.45) is 3.99. The number of nitrogens with two attached hydrogens (primary N) is 1. The Morgan fingerprint density at radius 2 is 2.15 bits per heavy atom. The van der Waals surface area contributed by atoms with Crippen LogP contribution in [0.1, 0.15) is 40.0 Å². The molecule has 0 spiro atoms. The molecule has 3 heteroatoms. The van der Waals surface area contributed by atoms with Gasteiger partial charge in [0.15, 0.2) is 0 Å². The number of hydrazine groups is 1. The molecule has 0 bridgehead atoms. The lowest BCUT2D eigenvalue weighted by Gasteiger charge is -2.40. The van der Waals surface area contributed by atoms with Gasteiger partial charge in [-0.3, -0.25) is 4.99 Å². The largest absolute Gasteiger partial charge is 0.312 e. The molecule has 1 saturated carbocycles. The fraction of sp³-hybridized carbons (Fsp3) is 0.900. The molecule has 0 aromatic heterocycles. The zero-order chi connectivity index (χ0) is 9.90. The lowest BCUT2D eigenvalue weighted by Crippen LogP contribution is -2.47. The van der Waals surface area contributed by atoms with Gasteiger partial charge in [-0.05, 0) is 25.7 Å². The van der Waals surface area contributed by atoms with Crippen molar-refractivity contribution >= 4 is 5.84 Å². The van der Waals surface area contributed by atoms with Gasteiger partial charge in [0.05, 0.1) is 0 Å². The third-order valence-corrected chi connectivity index (χ3v) is 3.19. The van der Waals surface area contributed by atoms with Crippen molar-refractivity contribution in [3.05, 3.63) is 0 Å². The lowest BCUT2D eigenvalue weighted by atomic mass is 9.66. The minimum absolute atomic E-state index is 0.128. The average Bonchev–Trinajstić information content (AvgIpc) is 1.95. The number of amidine groups is 1. The van der Waals surface area contributed by atoms with Crippen molar-refractivity contribution in [3.8, 4) is 0 Å². The van der Waals surface area contributed by atoms with Crippen molar-refractivity contribution in [1.82, 2.24) is 5.43 Å². The van der Waals surface area contributed by atoms with E-state index in [0.29, 0.717) is 0 Å². The molecule has 1 rings (SSSR count).